The number of likely N-dealkylation sites (tertiary alicyclic amines) is 1. The van der Waals surface area contributed by atoms with Crippen LogP contribution in [0.3, 0.4) is 0 Å². The largest absolute Gasteiger partial charge is 0.466 e. The summed E-state index contributed by atoms with van der Waals surface area (Å²) >= 11 is 0. The Balaban J connectivity index is 1.64. The third kappa shape index (κ3) is 4.57. The Bertz CT molecular complexity index is 748. The van der Waals surface area contributed by atoms with Gasteiger partial charge in [0.2, 0.25) is 12.7 Å². The molecule has 8 heteroatoms. The number of nitrogens with one attached hydrogen (secondary N) is 1. The van der Waals surface area contributed by atoms with Crippen molar-refractivity contribution in [2.24, 2.45) is 5.92 Å². The molecule has 0 saturated carbocycles. The zero-order chi connectivity index (χ0) is 19.4. The highest BCUT2D eigenvalue weighted by Crippen LogP contribution is 2.37. The molecule has 1 N–H and O–H groups in total. The summed E-state index contributed by atoms with van der Waals surface area (Å²) < 4.78 is 15.7. The van der Waals surface area contributed by atoms with Crippen LogP contribution in [0.1, 0.15) is 37.0 Å². The first kappa shape index (κ1) is 19.2. The first-order chi connectivity index (χ1) is 13.0. The van der Waals surface area contributed by atoms with Crippen molar-refractivity contribution in [1.82, 2.24) is 4.90 Å². The van der Waals surface area contributed by atoms with Gasteiger partial charge in [0.25, 0.3) is 0 Å². The number of esters is 1. The summed E-state index contributed by atoms with van der Waals surface area (Å²) in [6, 6.07) is 3.19. The highest BCUT2D eigenvalue weighted by Gasteiger charge is 2.28. The van der Waals surface area contributed by atoms with Crippen molar-refractivity contribution in [1.29, 1.82) is 0 Å². The average Bonchev–Trinajstić information content (AvgIpc) is 3.08. The quantitative estimate of drug-likeness (QED) is 0.598. The lowest BCUT2D eigenvalue weighted by Gasteiger charge is -2.30. The Kier molecular flexibility index (Phi) is 5.95. The van der Waals surface area contributed by atoms with Gasteiger partial charge < -0.3 is 19.5 Å². The second-order valence-corrected chi connectivity index (χ2v) is 6.68. The number of benzene rings is 1. The van der Waals surface area contributed by atoms with E-state index in [2.05, 4.69) is 5.32 Å². The van der Waals surface area contributed by atoms with E-state index in [0.29, 0.717) is 35.9 Å². The third-order valence-corrected chi connectivity index (χ3v) is 4.66. The summed E-state index contributed by atoms with van der Waals surface area (Å²) in [6.07, 6.45) is 1.60. The number of fused-ring (bicyclic) bond motifs is 1. The zero-order valence-corrected chi connectivity index (χ0v) is 15.6. The molecular formula is C19H24N2O6. The van der Waals surface area contributed by atoms with Crippen molar-refractivity contribution in [3.63, 3.8) is 0 Å². The fraction of sp³-hybridized carbons (Fsp3) is 0.526. The second-order valence-electron chi connectivity index (χ2n) is 6.68. The van der Waals surface area contributed by atoms with Crippen molar-refractivity contribution >= 4 is 23.3 Å². The van der Waals surface area contributed by atoms with E-state index in [0.717, 1.165) is 19.4 Å². The van der Waals surface area contributed by atoms with Crippen LogP contribution in [0, 0.1) is 5.92 Å². The summed E-state index contributed by atoms with van der Waals surface area (Å²) in [4.78, 5) is 38.3. The maximum atomic E-state index is 12.5. The number of piperidine rings is 1. The van der Waals surface area contributed by atoms with Gasteiger partial charge in [-0.3, -0.25) is 19.3 Å². The summed E-state index contributed by atoms with van der Waals surface area (Å²) in [6.45, 7) is 5.03. The molecule has 0 bridgehead atoms. The van der Waals surface area contributed by atoms with Crippen LogP contribution in [0.4, 0.5) is 5.69 Å². The van der Waals surface area contributed by atoms with Crippen LogP contribution in [-0.2, 0) is 14.3 Å². The van der Waals surface area contributed by atoms with E-state index < -0.39 is 0 Å². The highest BCUT2D eigenvalue weighted by molar-refractivity contribution is 6.05. The Morgan fingerprint density at radius 1 is 1.26 bits per heavy atom. The third-order valence-electron chi connectivity index (χ3n) is 4.66. The number of amides is 1. The molecule has 2 heterocycles. The zero-order valence-electron chi connectivity index (χ0n) is 15.6. The second kappa shape index (κ2) is 8.39. The Morgan fingerprint density at radius 3 is 2.70 bits per heavy atom. The van der Waals surface area contributed by atoms with Crippen LogP contribution < -0.4 is 14.8 Å². The number of rotatable bonds is 6. The number of carbonyl (C=O) groups excluding carboxylic acids is 3. The molecule has 1 saturated heterocycles. The maximum absolute atomic E-state index is 12.5. The summed E-state index contributed by atoms with van der Waals surface area (Å²) in [5, 5.41) is 2.78. The minimum absolute atomic E-state index is 0.0904. The number of ether oxygens (including phenoxy) is 3. The van der Waals surface area contributed by atoms with E-state index in [4.69, 9.17) is 14.2 Å². The number of carbonyl (C=O) groups is 3. The summed E-state index contributed by atoms with van der Waals surface area (Å²) in [5.74, 6) is 0.147. The minimum atomic E-state index is -0.249. The fourth-order valence-electron chi connectivity index (χ4n) is 3.38. The van der Waals surface area contributed by atoms with Crippen LogP contribution in [0.2, 0.25) is 0 Å². The van der Waals surface area contributed by atoms with E-state index in [-0.39, 0.29) is 36.9 Å². The monoisotopic (exact) mass is 376 g/mol. The molecule has 0 aliphatic carbocycles. The first-order valence-corrected chi connectivity index (χ1v) is 9.11. The highest BCUT2D eigenvalue weighted by atomic mass is 16.7. The van der Waals surface area contributed by atoms with Gasteiger partial charge in [-0.05, 0) is 39.3 Å². The topological polar surface area (TPSA) is 94.2 Å². The fourth-order valence-corrected chi connectivity index (χ4v) is 3.38. The maximum Gasteiger partial charge on any atom is 0.310 e. The van der Waals surface area contributed by atoms with E-state index >= 15 is 0 Å². The van der Waals surface area contributed by atoms with E-state index in [1.807, 2.05) is 4.90 Å². The van der Waals surface area contributed by atoms with E-state index in [1.54, 1.807) is 19.1 Å². The van der Waals surface area contributed by atoms with Gasteiger partial charge in [-0.15, -0.1) is 0 Å². The molecule has 0 spiro atoms. The van der Waals surface area contributed by atoms with Crippen molar-refractivity contribution in [3.05, 3.63) is 17.7 Å². The Hall–Kier alpha value is -2.61. The number of anilines is 1. The number of ketones is 1. The normalized spacial score (nSPS) is 18.8. The van der Waals surface area contributed by atoms with Crippen molar-refractivity contribution in [3.8, 4) is 11.5 Å². The van der Waals surface area contributed by atoms with Crippen LogP contribution in [0.5, 0.6) is 11.5 Å². The summed E-state index contributed by atoms with van der Waals surface area (Å²) in [5.41, 5.74) is 0.770. The molecule has 8 nitrogen and oxygen atoms in total. The SMILES string of the molecule is CCOC(=O)[C@H]1CCCN(CC(=O)Nc2cc3c(cc2C(C)=O)OCO3)C1. The number of Topliss-reactive ketones (excluding diaryl/α,β-unsaturated/α-hetero) is 1. The molecule has 1 atom stereocenters. The standard InChI is InChI=1S/C19H24N2O6/c1-3-25-19(24)13-5-4-6-21(9-13)10-18(23)20-15-8-17-16(26-11-27-17)7-14(15)12(2)22/h7-8,13H,3-6,9-11H2,1-2H3,(H,20,23)/t13-/m0/s1. The summed E-state index contributed by atoms with van der Waals surface area (Å²) in [7, 11) is 0. The first-order valence-electron chi connectivity index (χ1n) is 9.11. The lowest BCUT2D eigenvalue weighted by molar-refractivity contribution is -0.150. The molecule has 1 aromatic rings. The minimum Gasteiger partial charge on any atom is -0.466 e. The molecule has 1 aromatic carbocycles. The predicted octanol–water partition coefficient (Wildman–Crippen LogP) is 1.83. The molecule has 27 heavy (non-hydrogen) atoms. The van der Waals surface area contributed by atoms with Crippen LogP contribution in [0.25, 0.3) is 0 Å². The van der Waals surface area contributed by atoms with Gasteiger partial charge >= 0.3 is 5.97 Å². The van der Waals surface area contributed by atoms with Gasteiger partial charge in [-0.2, -0.15) is 0 Å². The molecule has 2 aliphatic rings. The molecule has 1 amide bonds. The molecular weight excluding hydrogens is 352 g/mol. The van der Waals surface area contributed by atoms with Gasteiger partial charge in [-0.25, -0.2) is 0 Å². The lowest BCUT2D eigenvalue weighted by Crippen LogP contribution is -2.43. The van der Waals surface area contributed by atoms with Gasteiger partial charge in [0.1, 0.15) is 0 Å². The molecule has 0 radical (unpaired) electrons. The van der Waals surface area contributed by atoms with E-state index in [9.17, 15) is 14.4 Å². The molecule has 1 fully saturated rings. The number of hydrogen-bond donors (Lipinski definition) is 1. The average molecular weight is 376 g/mol. The molecule has 146 valence electrons. The molecule has 0 aromatic heterocycles. The van der Waals surface area contributed by atoms with Gasteiger partial charge in [0, 0.05) is 18.2 Å². The van der Waals surface area contributed by atoms with Crippen LogP contribution >= 0.6 is 0 Å². The Labute approximate surface area is 157 Å². The van der Waals surface area contributed by atoms with Crippen LogP contribution in [0.15, 0.2) is 12.1 Å². The number of nitrogens with zero attached hydrogens (tertiary/aromatic N) is 1. The lowest BCUT2D eigenvalue weighted by atomic mass is 9.98. The smallest absolute Gasteiger partial charge is 0.310 e. The molecule has 3 rings (SSSR count). The van der Waals surface area contributed by atoms with Gasteiger partial charge in [-0.1, -0.05) is 0 Å². The molecule has 0 unspecified atom stereocenters. The van der Waals surface area contributed by atoms with Crippen LogP contribution in [-0.4, -0.2) is 55.6 Å². The van der Waals surface area contributed by atoms with Crippen molar-refractivity contribution in [2.75, 3.05) is 38.4 Å². The molecule has 2 aliphatic heterocycles. The number of hydrogen-bond acceptors (Lipinski definition) is 7. The van der Waals surface area contributed by atoms with Gasteiger partial charge in [0.05, 0.1) is 24.8 Å². The van der Waals surface area contributed by atoms with Gasteiger partial charge in [0.15, 0.2) is 17.3 Å². The Morgan fingerprint density at radius 2 is 2.00 bits per heavy atom. The van der Waals surface area contributed by atoms with E-state index in [1.165, 1.54) is 6.92 Å². The predicted molar refractivity (Wildman–Crippen MR) is 97.0 cm³/mol. The van der Waals surface area contributed by atoms with Crippen molar-refractivity contribution in [2.45, 2.75) is 26.7 Å². The van der Waals surface area contributed by atoms with Crippen molar-refractivity contribution < 1.29 is 28.6 Å².